The van der Waals surface area contributed by atoms with E-state index in [4.69, 9.17) is 4.74 Å². The number of hydrogen-bond acceptors (Lipinski definition) is 6. The number of fused-ring (bicyclic) bond motifs is 1. The number of cyclic esters (lactones) is 1. The SMILES string of the molecule is C=CCNC(=O)C(=O)C(CCCC)NC(=O)[C@@H]1C2C(CN1C(=O)C([C@H](CN1CCOC1=O)C(C)C)C(C)(C)C)C2(C)C. The number of carbonyl (C=O) groups excluding carboxylic acids is 5. The van der Waals surface area contributed by atoms with E-state index in [1.165, 1.54) is 6.08 Å². The highest BCUT2D eigenvalue weighted by molar-refractivity contribution is 6.38. The lowest BCUT2D eigenvalue weighted by Crippen LogP contribution is -2.58. The number of likely N-dealkylation sites (tertiary alicyclic amines) is 1. The molecule has 3 fully saturated rings. The number of piperidine rings is 1. The van der Waals surface area contributed by atoms with Crippen molar-refractivity contribution in [3.8, 4) is 0 Å². The molecule has 2 aliphatic heterocycles. The van der Waals surface area contributed by atoms with Crippen molar-refractivity contribution < 1.29 is 28.7 Å². The normalized spacial score (nSPS) is 24.9. The molecule has 3 rings (SSSR count). The Morgan fingerprint density at radius 2 is 1.86 bits per heavy atom. The second kappa shape index (κ2) is 13.2. The number of ether oxygens (including phenoxy) is 1. The highest BCUT2D eigenvalue weighted by atomic mass is 16.6. The van der Waals surface area contributed by atoms with Crippen LogP contribution in [0.4, 0.5) is 4.79 Å². The van der Waals surface area contributed by atoms with E-state index in [9.17, 15) is 24.0 Å². The van der Waals surface area contributed by atoms with E-state index in [2.05, 4.69) is 44.9 Å². The standard InChI is InChI=1S/C32H52N4O6/c1-10-12-13-22(26(37)28(39)33-14-11-2)34-27(38)25-24-21(32(24,8)9)18-36(25)29(40)23(31(5,6)7)20(19(3)4)17-35-15-16-42-30(35)41/h11,19-25H,2,10,12-18H2,1,3-9H3,(H,33,39)(H,34,38)/t20-,21?,22?,23?,24?,25+/m1/s1. The third-order valence-electron chi connectivity index (χ3n) is 9.63. The minimum Gasteiger partial charge on any atom is -0.448 e. The maximum Gasteiger partial charge on any atom is 0.409 e. The lowest BCUT2D eigenvalue weighted by atomic mass is 9.68. The van der Waals surface area contributed by atoms with Crippen molar-refractivity contribution in [3.63, 3.8) is 0 Å². The molecule has 4 amide bonds. The number of unbranched alkanes of at least 4 members (excludes halogenated alkanes) is 1. The Morgan fingerprint density at radius 3 is 2.38 bits per heavy atom. The molecule has 0 spiro atoms. The number of Topliss-reactive ketones (excluding diaryl/α,β-unsaturated/α-hetero) is 1. The highest BCUT2D eigenvalue weighted by Gasteiger charge is 2.70. The van der Waals surface area contributed by atoms with Crippen LogP contribution in [0, 0.1) is 40.4 Å². The maximum absolute atomic E-state index is 14.6. The monoisotopic (exact) mass is 588 g/mol. The Balaban J connectivity index is 1.90. The van der Waals surface area contributed by atoms with E-state index in [0.29, 0.717) is 39.1 Å². The van der Waals surface area contributed by atoms with Gasteiger partial charge in [-0.1, -0.05) is 74.3 Å². The summed E-state index contributed by atoms with van der Waals surface area (Å²) in [4.78, 5) is 69.9. The molecule has 2 N–H and O–H groups in total. The number of amides is 4. The number of carbonyl (C=O) groups is 5. The van der Waals surface area contributed by atoms with E-state index < -0.39 is 35.1 Å². The van der Waals surface area contributed by atoms with Gasteiger partial charge in [0.05, 0.1) is 12.6 Å². The molecule has 4 unspecified atom stereocenters. The van der Waals surface area contributed by atoms with E-state index >= 15 is 0 Å². The van der Waals surface area contributed by atoms with Crippen LogP contribution in [0.1, 0.15) is 74.7 Å². The van der Waals surface area contributed by atoms with Gasteiger partial charge in [-0.2, -0.15) is 0 Å². The van der Waals surface area contributed by atoms with Crippen molar-refractivity contribution in [1.29, 1.82) is 0 Å². The molecule has 10 nitrogen and oxygen atoms in total. The number of ketones is 1. The van der Waals surface area contributed by atoms with E-state index in [1.807, 2.05) is 27.7 Å². The quantitative estimate of drug-likeness (QED) is 0.237. The summed E-state index contributed by atoms with van der Waals surface area (Å²) in [6.45, 7) is 21.9. The second-order valence-corrected chi connectivity index (χ2v) is 14.3. The maximum atomic E-state index is 14.6. The number of nitrogens with zero attached hydrogens (tertiary/aromatic N) is 2. The Bertz CT molecular complexity index is 1060. The third kappa shape index (κ3) is 7.00. The van der Waals surface area contributed by atoms with Gasteiger partial charge in [-0.3, -0.25) is 19.2 Å². The van der Waals surface area contributed by atoms with E-state index in [1.54, 1.807) is 9.80 Å². The largest absolute Gasteiger partial charge is 0.448 e. The van der Waals surface area contributed by atoms with Gasteiger partial charge in [-0.15, -0.1) is 6.58 Å². The summed E-state index contributed by atoms with van der Waals surface area (Å²) in [5.74, 6) is -2.30. The Labute approximate surface area is 251 Å². The number of nitrogens with one attached hydrogen (secondary N) is 2. The van der Waals surface area contributed by atoms with Gasteiger partial charge < -0.3 is 25.2 Å². The molecule has 0 aromatic carbocycles. The molecule has 1 aliphatic carbocycles. The summed E-state index contributed by atoms with van der Waals surface area (Å²) >= 11 is 0. The van der Waals surface area contributed by atoms with Crippen LogP contribution < -0.4 is 10.6 Å². The summed E-state index contributed by atoms with van der Waals surface area (Å²) in [7, 11) is 0. The molecule has 10 heteroatoms. The van der Waals surface area contributed by atoms with Crippen molar-refractivity contribution in [2.75, 3.05) is 32.8 Å². The van der Waals surface area contributed by atoms with E-state index in [-0.39, 0.29) is 53.5 Å². The van der Waals surface area contributed by atoms with Gasteiger partial charge >= 0.3 is 6.09 Å². The van der Waals surface area contributed by atoms with Gasteiger partial charge in [0.2, 0.25) is 17.6 Å². The zero-order chi connectivity index (χ0) is 31.6. The predicted octanol–water partition coefficient (Wildman–Crippen LogP) is 3.40. The van der Waals surface area contributed by atoms with Crippen LogP contribution >= 0.6 is 0 Å². The molecular weight excluding hydrogens is 536 g/mol. The molecule has 1 saturated carbocycles. The van der Waals surface area contributed by atoms with Crippen LogP contribution in [-0.2, 0) is 23.9 Å². The van der Waals surface area contributed by atoms with Crippen LogP contribution in [0.3, 0.4) is 0 Å². The fraction of sp³-hybridized carbons (Fsp3) is 0.781. The summed E-state index contributed by atoms with van der Waals surface area (Å²) in [6, 6.07) is -1.71. The molecule has 2 heterocycles. The molecule has 6 atom stereocenters. The molecule has 0 aromatic heterocycles. The van der Waals surface area contributed by atoms with Crippen LogP contribution in [-0.4, -0.2) is 84.3 Å². The average Bonchev–Trinajstić information content (AvgIpc) is 3.26. The fourth-order valence-electron chi connectivity index (χ4n) is 7.08. The zero-order valence-electron chi connectivity index (χ0n) is 26.8. The van der Waals surface area contributed by atoms with Crippen LogP contribution in [0.2, 0.25) is 0 Å². The van der Waals surface area contributed by atoms with Crippen molar-refractivity contribution in [3.05, 3.63) is 12.7 Å². The summed E-state index contributed by atoms with van der Waals surface area (Å²) in [6.07, 6.45) is 2.94. The van der Waals surface area contributed by atoms with Crippen molar-refractivity contribution in [2.45, 2.75) is 86.7 Å². The van der Waals surface area contributed by atoms with Gasteiger partial charge in [0.25, 0.3) is 5.91 Å². The van der Waals surface area contributed by atoms with Gasteiger partial charge in [-0.25, -0.2) is 4.79 Å². The fourth-order valence-corrected chi connectivity index (χ4v) is 7.08. The Morgan fingerprint density at radius 1 is 1.19 bits per heavy atom. The van der Waals surface area contributed by atoms with Gasteiger partial charge in [0.1, 0.15) is 12.6 Å². The molecule has 0 bridgehead atoms. The predicted molar refractivity (Wildman–Crippen MR) is 160 cm³/mol. The first-order valence-electron chi connectivity index (χ1n) is 15.5. The first kappa shape index (κ1) is 33.6. The van der Waals surface area contributed by atoms with Gasteiger partial charge in [-0.05, 0) is 40.9 Å². The molecule has 0 aromatic rings. The highest BCUT2D eigenvalue weighted by Crippen LogP contribution is 2.65. The Hall–Kier alpha value is -2.91. The lowest BCUT2D eigenvalue weighted by Gasteiger charge is -2.43. The summed E-state index contributed by atoms with van der Waals surface area (Å²) in [5.41, 5.74) is -0.557. The van der Waals surface area contributed by atoms with Gasteiger partial charge in [0.15, 0.2) is 0 Å². The molecule has 3 aliphatic rings. The Kier molecular flexibility index (Phi) is 10.5. The molecule has 42 heavy (non-hydrogen) atoms. The minimum absolute atomic E-state index is 0.0374. The van der Waals surface area contributed by atoms with Crippen molar-refractivity contribution >= 4 is 29.6 Å². The molecule has 2 saturated heterocycles. The minimum atomic E-state index is -0.969. The summed E-state index contributed by atoms with van der Waals surface area (Å²) < 4.78 is 5.16. The zero-order valence-corrected chi connectivity index (χ0v) is 26.8. The van der Waals surface area contributed by atoms with Crippen LogP contribution in [0.15, 0.2) is 12.7 Å². The first-order valence-corrected chi connectivity index (χ1v) is 15.5. The van der Waals surface area contributed by atoms with Crippen molar-refractivity contribution in [2.24, 2.45) is 40.4 Å². The lowest BCUT2D eigenvalue weighted by molar-refractivity contribution is -0.150. The van der Waals surface area contributed by atoms with Crippen LogP contribution in [0.5, 0.6) is 0 Å². The topological polar surface area (TPSA) is 125 Å². The van der Waals surface area contributed by atoms with Crippen molar-refractivity contribution in [1.82, 2.24) is 20.4 Å². The second-order valence-electron chi connectivity index (χ2n) is 14.3. The number of hydrogen-bond donors (Lipinski definition) is 2. The van der Waals surface area contributed by atoms with Crippen LogP contribution in [0.25, 0.3) is 0 Å². The first-order chi connectivity index (χ1) is 19.6. The summed E-state index contributed by atoms with van der Waals surface area (Å²) in [5, 5.41) is 5.40. The number of rotatable bonds is 14. The average molecular weight is 589 g/mol. The molecular formula is C32H52N4O6. The molecule has 0 radical (unpaired) electrons. The van der Waals surface area contributed by atoms with E-state index in [0.717, 1.165) is 6.42 Å². The molecule has 236 valence electrons. The van der Waals surface area contributed by atoms with Gasteiger partial charge in [0, 0.05) is 25.6 Å². The third-order valence-corrected chi connectivity index (χ3v) is 9.63. The smallest absolute Gasteiger partial charge is 0.409 e.